The van der Waals surface area contributed by atoms with E-state index in [1.54, 1.807) is 0 Å². The maximum Gasteiger partial charge on any atom is 0.407 e. The number of nitrogens with one attached hydrogen (secondary N) is 1. The topological polar surface area (TPSA) is 41.6 Å². The quantitative estimate of drug-likeness (QED) is 0.808. The Morgan fingerprint density at radius 2 is 2.20 bits per heavy atom. The summed E-state index contributed by atoms with van der Waals surface area (Å²) in [6.45, 7) is 1.30. The number of likely N-dealkylation sites (N-methyl/N-ethyl adjacent to an activating group) is 1. The zero-order chi connectivity index (χ0) is 10.7. The van der Waals surface area contributed by atoms with Crippen molar-refractivity contribution < 1.29 is 9.53 Å². The number of anilines is 1. The molecule has 2 rings (SSSR count). The summed E-state index contributed by atoms with van der Waals surface area (Å²) in [6, 6.07) is 10.0. The Morgan fingerprint density at radius 1 is 1.47 bits per heavy atom. The van der Waals surface area contributed by atoms with Gasteiger partial charge in [0.15, 0.2) is 0 Å². The predicted octanol–water partition coefficient (Wildman–Crippen LogP) is 1.23. The van der Waals surface area contributed by atoms with E-state index >= 15 is 0 Å². The van der Waals surface area contributed by atoms with Gasteiger partial charge in [-0.2, -0.15) is 0 Å². The fourth-order valence-corrected chi connectivity index (χ4v) is 1.63. The number of carbonyl (C=O) groups is 1. The molecule has 1 aromatic rings. The van der Waals surface area contributed by atoms with Gasteiger partial charge in [-0.3, -0.25) is 0 Å². The van der Waals surface area contributed by atoms with Crippen molar-refractivity contribution in [3.05, 3.63) is 30.3 Å². The molecule has 0 aliphatic carbocycles. The van der Waals surface area contributed by atoms with Gasteiger partial charge in [0, 0.05) is 12.7 Å². The highest BCUT2D eigenvalue weighted by molar-refractivity contribution is 5.69. The number of hydrogen-bond donors (Lipinski definition) is 1. The molecule has 0 radical (unpaired) electrons. The fourth-order valence-electron chi connectivity index (χ4n) is 1.63. The van der Waals surface area contributed by atoms with Crippen LogP contribution in [0.25, 0.3) is 0 Å². The summed E-state index contributed by atoms with van der Waals surface area (Å²) in [6.07, 6.45) is -0.371. The molecule has 1 atom stereocenters. The molecule has 1 aliphatic rings. The first-order valence-electron chi connectivity index (χ1n) is 4.96. The van der Waals surface area contributed by atoms with Gasteiger partial charge in [-0.25, -0.2) is 4.79 Å². The Bertz CT molecular complexity index is 340. The molecule has 4 heteroatoms. The number of nitrogens with zero attached hydrogens (tertiary/aromatic N) is 1. The lowest BCUT2D eigenvalue weighted by Crippen LogP contribution is -2.31. The molecule has 1 aromatic carbocycles. The molecular formula is C11H14N2O2. The summed E-state index contributed by atoms with van der Waals surface area (Å²) in [5.74, 6) is 0. The predicted molar refractivity (Wildman–Crippen MR) is 58.0 cm³/mol. The molecule has 1 saturated heterocycles. The molecule has 15 heavy (non-hydrogen) atoms. The van der Waals surface area contributed by atoms with Crippen molar-refractivity contribution in [2.24, 2.45) is 0 Å². The standard InChI is InChI=1S/C11H14N2O2/c1-13(9-5-3-2-4-6-9)8-10-7-12-11(14)15-10/h2-6,10H,7-8H2,1H3,(H,12,14)/t10-/m1/s1. The lowest BCUT2D eigenvalue weighted by atomic mass is 10.2. The van der Waals surface area contributed by atoms with Crippen molar-refractivity contribution in [2.75, 3.05) is 25.0 Å². The normalized spacial score (nSPS) is 19.5. The van der Waals surface area contributed by atoms with E-state index in [1.807, 2.05) is 37.4 Å². The van der Waals surface area contributed by atoms with Crippen LogP contribution in [0.5, 0.6) is 0 Å². The summed E-state index contributed by atoms with van der Waals surface area (Å²) in [7, 11) is 1.99. The molecule has 0 spiro atoms. The maximum absolute atomic E-state index is 10.8. The number of cyclic esters (lactones) is 1. The van der Waals surface area contributed by atoms with Gasteiger partial charge in [-0.15, -0.1) is 0 Å². The molecule has 1 heterocycles. The molecule has 0 saturated carbocycles. The highest BCUT2D eigenvalue weighted by atomic mass is 16.6. The molecule has 1 amide bonds. The van der Waals surface area contributed by atoms with Gasteiger partial charge in [-0.1, -0.05) is 18.2 Å². The average Bonchev–Trinajstić information content (AvgIpc) is 2.65. The summed E-state index contributed by atoms with van der Waals surface area (Å²) in [5, 5.41) is 2.64. The van der Waals surface area contributed by atoms with Gasteiger partial charge >= 0.3 is 6.09 Å². The Morgan fingerprint density at radius 3 is 2.80 bits per heavy atom. The van der Waals surface area contributed by atoms with Gasteiger partial charge in [0.2, 0.25) is 0 Å². The number of amides is 1. The number of rotatable bonds is 3. The van der Waals surface area contributed by atoms with E-state index in [2.05, 4.69) is 10.2 Å². The fraction of sp³-hybridized carbons (Fsp3) is 0.364. The summed E-state index contributed by atoms with van der Waals surface area (Å²) in [5.41, 5.74) is 1.13. The molecule has 80 valence electrons. The van der Waals surface area contributed by atoms with Gasteiger partial charge in [0.1, 0.15) is 6.10 Å². The van der Waals surface area contributed by atoms with Gasteiger partial charge in [0.05, 0.1) is 13.1 Å². The first-order chi connectivity index (χ1) is 7.25. The zero-order valence-corrected chi connectivity index (χ0v) is 8.64. The minimum Gasteiger partial charge on any atom is -0.442 e. The minimum atomic E-state index is -0.318. The van der Waals surface area contributed by atoms with Crippen LogP contribution in [0.4, 0.5) is 10.5 Å². The Kier molecular flexibility index (Phi) is 2.76. The largest absolute Gasteiger partial charge is 0.442 e. The molecule has 0 unspecified atom stereocenters. The highest BCUT2D eigenvalue weighted by Gasteiger charge is 2.23. The second-order valence-electron chi connectivity index (χ2n) is 3.62. The number of hydrogen-bond acceptors (Lipinski definition) is 3. The number of alkyl carbamates (subject to hydrolysis) is 1. The smallest absolute Gasteiger partial charge is 0.407 e. The SMILES string of the molecule is CN(C[C@H]1CNC(=O)O1)c1ccccc1. The first kappa shape index (κ1) is 9.83. The van der Waals surface area contributed by atoms with Crippen LogP contribution in [-0.2, 0) is 4.74 Å². The Hall–Kier alpha value is -1.71. The number of ether oxygens (including phenoxy) is 1. The third kappa shape index (κ3) is 2.40. The first-order valence-corrected chi connectivity index (χ1v) is 4.96. The van der Waals surface area contributed by atoms with E-state index in [1.165, 1.54) is 0 Å². The zero-order valence-electron chi connectivity index (χ0n) is 8.64. The number of para-hydroxylation sites is 1. The minimum absolute atomic E-state index is 0.0530. The van der Waals surface area contributed by atoms with E-state index in [9.17, 15) is 4.79 Å². The average molecular weight is 206 g/mol. The van der Waals surface area contributed by atoms with Crippen molar-refractivity contribution in [1.29, 1.82) is 0 Å². The van der Waals surface area contributed by atoms with E-state index < -0.39 is 0 Å². The number of carbonyl (C=O) groups excluding carboxylic acids is 1. The molecule has 0 aromatic heterocycles. The van der Waals surface area contributed by atoms with Crippen LogP contribution < -0.4 is 10.2 Å². The molecular weight excluding hydrogens is 192 g/mol. The van der Waals surface area contributed by atoms with Gasteiger partial charge in [0.25, 0.3) is 0 Å². The van der Waals surface area contributed by atoms with E-state index in [4.69, 9.17) is 4.74 Å². The van der Waals surface area contributed by atoms with Crippen LogP contribution in [0, 0.1) is 0 Å². The second-order valence-corrected chi connectivity index (χ2v) is 3.62. The van der Waals surface area contributed by atoms with Crippen LogP contribution in [0.3, 0.4) is 0 Å². The van der Waals surface area contributed by atoms with E-state index in [0.717, 1.165) is 5.69 Å². The molecule has 1 N–H and O–H groups in total. The van der Waals surface area contributed by atoms with Crippen molar-refractivity contribution >= 4 is 11.8 Å². The van der Waals surface area contributed by atoms with E-state index in [0.29, 0.717) is 13.1 Å². The Balaban J connectivity index is 1.92. The summed E-state index contributed by atoms with van der Waals surface area (Å²) >= 11 is 0. The second kappa shape index (κ2) is 4.21. The van der Waals surface area contributed by atoms with Crippen molar-refractivity contribution in [3.8, 4) is 0 Å². The van der Waals surface area contributed by atoms with Crippen LogP contribution in [0.15, 0.2) is 30.3 Å². The Labute approximate surface area is 88.8 Å². The van der Waals surface area contributed by atoms with Crippen LogP contribution >= 0.6 is 0 Å². The lowest BCUT2D eigenvalue weighted by Gasteiger charge is -2.21. The third-order valence-corrected chi connectivity index (χ3v) is 2.42. The van der Waals surface area contributed by atoms with Gasteiger partial charge in [-0.05, 0) is 12.1 Å². The van der Waals surface area contributed by atoms with Crippen molar-refractivity contribution in [1.82, 2.24) is 5.32 Å². The van der Waals surface area contributed by atoms with Gasteiger partial charge < -0.3 is 15.0 Å². The van der Waals surface area contributed by atoms with Crippen LogP contribution in [-0.4, -0.2) is 32.3 Å². The monoisotopic (exact) mass is 206 g/mol. The van der Waals surface area contributed by atoms with Crippen molar-refractivity contribution in [3.63, 3.8) is 0 Å². The van der Waals surface area contributed by atoms with Crippen molar-refractivity contribution in [2.45, 2.75) is 6.10 Å². The third-order valence-electron chi connectivity index (χ3n) is 2.42. The maximum atomic E-state index is 10.8. The summed E-state index contributed by atoms with van der Waals surface area (Å²) < 4.78 is 5.06. The summed E-state index contributed by atoms with van der Waals surface area (Å²) in [4.78, 5) is 12.9. The molecule has 0 bridgehead atoms. The molecule has 1 fully saturated rings. The number of benzene rings is 1. The van der Waals surface area contributed by atoms with Crippen LogP contribution in [0.2, 0.25) is 0 Å². The van der Waals surface area contributed by atoms with Crippen LogP contribution in [0.1, 0.15) is 0 Å². The lowest BCUT2D eigenvalue weighted by molar-refractivity contribution is 0.143. The molecule has 4 nitrogen and oxygen atoms in total. The van der Waals surface area contributed by atoms with E-state index in [-0.39, 0.29) is 12.2 Å². The molecule has 1 aliphatic heterocycles. The highest BCUT2D eigenvalue weighted by Crippen LogP contribution is 2.12.